The Morgan fingerprint density at radius 2 is 1.69 bits per heavy atom. The van der Waals surface area contributed by atoms with E-state index < -0.39 is 0 Å². The number of nitrogens with zero attached hydrogens (tertiary/aromatic N) is 1. The summed E-state index contributed by atoms with van der Waals surface area (Å²) in [5.41, 5.74) is 0.763. The molecule has 16 heavy (non-hydrogen) atoms. The summed E-state index contributed by atoms with van der Waals surface area (Å²) >= 11 is 0. The molecule has 1 aromatic rings. The van der Waals surface area contributed by atoms with Crippen LogP contribution < -0.4 is 4.90 Å². The molecule has 1 aliphatic rings. The Morgan fingerprint density at radius 3 is 2.25 bits per heavy atom. The lowest BCUT2D eigenvalue weighted by Crippen LogP contribution is -2.33. The van der Waals surface area contributed by atoms with Crippen LogP contribution in [-0.4, -0.2) is 13.1 Å². The van der Waals surface area contributed by atoms with Gasteiger partial charge in [-0.25, -0.2) is 4.39 Å². The number of hydrogen-bond donors (Lipinski definition) is 0. The topological polar surface area (TPSA) is 3.24 Å². The van der Waals surface area contributed by atoms with Gasteiger partial charge in [0.15, 0.2) is 0 Å². The lowest BCUT2D eigenvalue weighted by atomic mass is 9.99. The van der Waals surface area contributed by atoms with E-state index in [4.69, 9.17) is 0 Å². The summed E-state index contributed by atoms with van der Waals surface area (Å²) in [5, 5.41) is 0. The molecule has 0 saturated carbocycles. The standard InChI is InChI=1S/C12H16FN.C2H6/c1-10-6-8-14(9-7-10)12-5-3-2-4-11(12)13;1-2/h2-5,10H,6-9H2,1H3;1-2H3. The molecule has 1 fully saturated rings. The van der Waals surface area contributed by atoms with Gasteiger partial charge in [-0.1, -0.05) is 32.9 Å². The van der Waals surface area contributed by atoms with Crippen molar-refractivity contribution in [3.8, 4) is 0 Å². The van der Waals surface area contributed by atoms with Gasteiger partial charge in [0.25, 0.3) is 0 Å². The van der Waals surface area contributed by atoms with E-state index in [0.717, 1.165) is 24.7 Å². The summed E-state index contributed by atoms with van der Waals surface area (Å²) in [6, 6.07) is 7.04. The molecule has 0 amide bonds. The molecule has 0 N–H and O–H groups in total. The van der Waals surface area contributed by atoms with Crippen molar-refractivity contribution in [2.24, 2.45) is 5.92 Å². The van der Waals surface area contributed by atoms with Crippen molar-refractivity contribution in [2.45, 2.75) is 33.6 Å². The van der Waals surface area contributed by atoms with Crippen LogP contribution in [0.1, 0.15) is 33.6 Å². The van der Waals surface area contributed by atoms with Crippen LogP contribution in [0.25, 0.3) is 0 Å². The zero-order valence-corrected chi connectivity index (χ0v) is 10.5. The summed E-state index contributed by atoms with van der Waals surface area (Å²) in [5.74, 6) is 0.695. The number of anilines is 1. The molecular weight excluding hydrogens is 201 g/mol. The van der Waals surface area contributed by atoms with Gasteiger partial charge in [-0.05, 0) is 30.9 Å². The highest BCUT2D eigenvalue weighted by Crippen LogP contribution is 2.24. The van der Waals surface area contributed by atoms with Crippen LogP contribution >= 0.6 is 0 Å². The Hall–Kier alpha value is -1.05. The molecule has 0 aliphatic carbocycles. The summed E-state index contributed by atoms with van der Waals surface area (Å²) in [4.78, 5) is 2.15. The van der Waals surface area contributed by atoms with Crippen molar-refractivity contribution >= 4 is 5.69 Å². The Balaban J connectivity index is 0.000000606. The molecular formula is C14H22FN. The Bertz CT molecular complexity index is 303. The first-order valence-electron chi connectivity index (χ1n) is 6.27. The fourth-order valence-electron chi connectivity index (χ4n) is 1.96. The number of hydrogen-bond acceptors (Lipinski definition) is 1. The molecule has 90 valence electrons. The highest BCUT2D eigenvalue weighted by Gasteiger charge is 2.17. The summed E-state index contributed by atoms with van der Waals surface area (Å²) < 4.78 is 13.4. The molecule has 2 rings (SSSR count). The number of benzene rings is 1. The predicted octanol–water partition coefficient (Wildman–Crippen LogP) is 4.09. The summed E-state index contributed by atoms with van der Waals surface area (Å²) in [7, 11) is 0. The maximum Gasteiger partial charge on any atom is 0.146 e. The van der Waals surface area contributed by atoms with Crippen LogP contribution in [0.3, 0.4) is 0 Å². The van der Waals surface area contributed by atoms with E-state index in [9.17, 15) is 4.39 Å². The van der Waals surface area contributed by atoms with E-state index in [2.05, 4.69) is 11.8 Å². The molecule has 1 nitrogen and oxygen atoms in total. The van der Waals surface area contributed by atoms with Crippen LogP contribution in [0.15, 0.2) is 24.3 Å². The smallest absolute Gasteiger partial charge is 0.146 e. The maximum atomic E-state index is 13.4. The Labute approximate surface area is 98.3 Å². The number of para-hydroxylation sites is 1. The van der Waals surface area contributed by atoms with Gasteiger partial charge in [0.2, 0.25) is 0 Å². The second-order valence-electron chi connectivity index (χ2n) is 4.12. The Morgan fingerprint density at radius 1 is 1.12 bits per heavy atom. The second-order valence-corrected chi connectivity index (χ2v) is 4.12. The van der Waals surface area contributed by atoms with Gasteiger partial charge in [-0.2, -0.15) is 0 Å². The first-order valence-corrected chi connectivity index (χ1v) is 6.27. The van der Waals surface area contributed by atoms with Crippen molar-refractivity contribution in [1.29, 1.82) is 0 Å². The predicted molar refractivity (Wildman–Crippen MR) is 68.4 cm³/mol. The van der Waals surface area contributed by atoms with Crippen molar-refractivity contribution in [3.63, 3.8) is 0 Å². The molecule has 2 heteroatoms. The molecule has 0 atom stereocenters. The van der Waals surface area contributed by atoms with Crippen molar-refractivity contribution in [2.75, 3.05) is 18.0 Å². The minimum absolute atomic E-state index is 0.0953. The van der Waals surface area contributed by atoms with E-state index in [0.29, 0.717) is 0 Å². The normalized spacial score (nSPS) is 16.6. The lowest BCUT2D eigenvalue weighted by Gasteiger charge is -2.32. The average molecular weight is 223 g/mol. The van der Waals surface area contributed by atoms with Gasteiger partial charge < -0.3 is 4.90 Å². The Kier molecular flexibility index (Phi) is 5.30. The molecule has 1 heterocycles. The van der Waals surface area contributed by atoms with Crippen LogP contribution in [0, 0.1) is 11.7 Å². The quantitative estimate of drug-likeness (QED) is 0.693. The largest absolute Gasteiger partial charge is 0.369 e. The first-order chi connectivity index (χ1) is 7.77. The highest BCUT2D eigenvalue weighted by atomic mass is 19.1. The maximum absolute atomic E-state index is 13.4. The highest BCUT2D eigenvalue weighted by molar-refractivity contribution is 5.47. The third-order valence-electron chi connectivity index (χ3n) is 2.98. The summed E-state index contributed by atoms with van der Waals surface area (Å²) in [6.07, 6.45) is 2.35. The molecule has 0 spiro atoms. The van der Waals surface area contributed by atoms with Gasteiger partial charge in [0, 0.05) is 13.1 Å². The van der Waals surface area contributed by atoms with Crippen molar-refractivity contribution < 1.29 is 4.39 Å². The molecule has 1 saturated heterocycles. The van der Waals surface area contributed by atoms with Gasteiger partial charge in [-0.3, -0.25) is 0 Å². The van der Waals surface area contributed by atoms with Gasteiger partial charge in [0.1, 0.15) is 5.82 Å². The zero-order valence-electron chi connectivity index (χ0n) is 10.5. The summed E-state index contributed by atoms with van der Waals surface area (Å²) in [6.45, 7) is 8.24. The van der Waals surface area contributed by atoms with Crippen LogP contribution in [0.4, 0.5) is 10.1 Å². The lowest BCUT2D eigenvalue weighted by molar-refractivity contribution is 0.434. The number of rotatable bonds is 1. The molecule has 1 aliphatic heterocycles. The average Bonchev–Trinajstić information content (AvgIpc) is 2.34. The molecule has 0 radical (unpaired) electrons. The fraction of sp³-hybridized carbons (Fsp3) is 0.571. The third-order valence-corrected chi connectivity index (χ3v) is 2.98. The van der Waals surface area contributed by atoms with E-state index in [1.54, 1.807) is 6.07 Å². The number of halogens is 1. The van der Waals surface area contributed by atoms with Crippen LogP contribution in [0.5, 0.6) is 0 Å². The molecule has 0 unspecified atom stereocenters. The fourth-order valence-corrected chi connectivity index (χ4v) is 1.96. The molecule has 0 bridgehead atoms. The SMILES string of the molecule is CC.CC1CCN(c2ccccc2F)CC1. The zero-order chi connectivity index (χ0) is 12.0. The van der Waals surface area contributed by atoms with Gasteiger partial charge in [0.05, 0.1) is 5.69 Å². The monoisotopic (exact) mass is 223 g/mol. The van der Waals surface area contributed by atoms with E-state index in [-0.39, 0.29) is 5.82 Å². The first kappa shape index (κ1) is 13.0. The van der Waals surface area contributed by atoms with E-state index >= 15 is 0 Å². The van der Waals surface area contributed by atoms with Gasteiger partial charge in [-0.15, -0.1) is 0 Å². The third kappa shape index (κ3) is 3.22. The van der Waals surface area contributed by atoms with Crippen LogP contribution in [-0.2, 0) is 0 Å². The molecule has 0 aromatic heterocycles. The minimum atomic E-state index is -0.0953. The van der Waals surface area contributed by atoms with Crippen molar-refractivity contribution in [3.05, 3.63) is 30.1 Å². The molecule has 1 aromatic carbocycles. The second kappa shape index (κ2) is 6.51. The van der Waals surface area contributed by atoms with Crippen molar-refractivity contribution in [1.82, 2.24) is 0 Å². The number of piperidine rings is 1. The van der Waals surface area contributed by atoms with Crippen LogP contribution in [0.2, 0.25) is 0 Å². The minimum Gasteiger partial charge on any atom is -0.369 e. The van der Waals surface area contributed by atoms with E-state index in [1.165, 1.54) is 18.9 Å². The van der Waals surface area contributed by atoms with Gasteiger partial charge >= 0.3 is 0 Å². The van der Waals surface area contributed by atoms with E-state index in [1.807, 2.05) is 26.0 Å².